The Kier molecular flexibility index (Phi) is 1.85. The summed E-state index contributed by atoms with van der Waals surface area (Å²) in [6.07, 6.45) is 0. The van der Waals surface area contributed by atoms with Crippen LogP contribution in [0.2, 0.25) is 0 Å². The first-order chi connectivity index (χ1) is 6.61. The predicted octanol–water partition coefficient (Wildman–Crippen LogP) is 2.53. The molecule has 0 amide bonds. The normalized spacial score (nSPS) is 10.6. The maximum absolute atomic E-state index is 13.2. The van der Waals surface area contributed by atoms with Crippen LogP contribution in [0.5, 0.6) is 0 Å². The second-order valence-corrected chi connectivity index (χ2v) is 3.63. The summed E-state index contributed by atoms with van der Waals surface area (Å²) in [7, 11) is 0. The van der Waals surface area contributed by atoms with Gasteiger partial charge in [0.2, 0.25) is 5.82 Å². The molecule has 2 N–H and O–H groups in total. The SMILES string of the molecule is Nc1cc(F)c([N+](=O)[O-])c2sccc12. The van der Waals surface area contributed by atoms with E-state index in [0.717, 1.165) is 17.4 Å². The monoisotopic (exact) mass is 212 g/mol. The van der Waals surface area contributed by atoms with Crippen LogP contribution in [-0.4, -0.2) is 4.92 Å². The van der Waals surface area contributed by atoms with E-state index in [1.807, 2.05) is 0 Å². The van der Waals surface area contributed by atoms with E-state index in [-0.39, 0.29) is 10.4 Å². The Labute approximate surface area is 81.9 Å². The Bertz CT molecular complexity index is 523. The van der Waals surface area contributed by atoms with E-state index in [9.17, 15) is 14.5 Å². The molecular formula is C8H5FN2O2S. The average molecular weight is 212 g/mol. The number of thiophene rings is 1. The van der Waals surface area contributed by atoms with Crippen molar-refractivity contribution in [2.45, 2.75) is 0 Å². The lowest BCUT2D eigenvalue weighted by atomic mass is 10.2. The number of rotatable bonds is 1. The molecule has 14 heavy (non-hydrogen) atoms. The molecule has 0 spiro atoms. The van der Waals surface area contributed by atoms with Crippen LogP contribution >= 0.6 is 11.3 Å². The molecule has 2 rings (SSSR count). The molecule has 0 radical (unpaired) electrons. The number of hydrogen-bond donors (Lipinski definition) is 1. The van der Waals surface area contributed by atoms with E-state index in [0.29, 0.717) is 5.39 Å². The first kappa shape index (κ1) is 8.89. The Morgan fingerprint density at radius 2 is 2.29 bits per heavy atom. The number of anilines is 1. The molecule has 2 aromatic rings. The molecule has 6 heteroatoms. The van der Waals surface area contributed by atoms with Crippen molar-refractivity contribution >= 4 is 32.8 Å². The van der Waals surface area contributed by atoms with Crippen LogP contribution in [0.4, 0.5) is 15.8 Å². The number of halogens is 1. The minimum atomic E-state index is -0.887. The van der Waals surface area contributed by atoms with Crippen molar-refractivity contribution in [2.24, 2.45) is 0 Å². The van der Waals surface area contributed by atoms with Crippen molar-refractivity contribution in [1.29, 1.82) is 0 Å². The van der Waals surface area contributed by atoms with Crippen molar-refractivity contribution in [3.8, 4) is 0 Å². The molecule has 0 bridgehead atoms. The topological polar surface area (TPSA) is 69.2 Å². The van der Waals surface area contributed by atoms with Gasteiger partial charge in [0.1, 0.15) is 4.70 Å². The molecule has 4 nitrogen and oxygen atoms in total. The van der Waals surface area contributed by atoms with Crippen LogP contribution in [0.3, 0.4) is 0 Å². The van der Waals surface area contributed by atoms with E-state index in [1.54, 1.807) is 11.4 Å². The second-order valence-electron chi connectivity index (χ2n) is 2.72. The molecule has 0 fully saturated rings. The van der Waals surface area contributed by atoms with Crippen LogP contribution < -0.4 is 5.73 Å². The molecule has 1 aromatic heterocycles. The summed E-state index contributed by atoms with van der Waals surface area (Å²) in [4.78, 5) is 9.85. The van der Waals surface area contributed by atoms with Gasteiger partial charge in [0.05, 0.1) is 4.92 Å². The summed E-state index contributed by atoms with van der Waals surface area (Å²) in [5, 5.41) is 12.8. The first-order valence-electron chi connectivity index (χ1n) is 3.71. The highest BCUT2D eigenvalue weighted by Crippen LogP contribution is 2.36. The van der Waals surface area contributed by atoms with Crippen molar-refractivity contribution in [1.82, 2.24) is 0 Å². The molecule has 72 valence electrons. The van der Waals surface area contributed by atoms with Gasteiger partial charge in [-0.2, -0.15) is 4.39 Å². The summed E-state index contributed by atoms with van der Waals surface area (Å²) >= 11 is 1.11. The lowest BCUT2D eigenvalue weighted by Crippen LogP contribution is -1.95. The highest BCUT2D eigenvalue weighted by molar-refractivity contribution is 7.17. The van der Waals surface area contributed by atoms with E-state index < -0.39 is 16.4 Å². The largest absolute Gasteiger partial charge is 0.398 e. The Morgan fingerprint density at radius 1 is 1.57 bits per heavy atom. The average Bonchev–Trinajstić information content (AvgIpc) is 2.51. The fourth-order valence-corrected chi connectivity index (χ4v) is 2.22. The third kappa shape index (κ3) is 1.12. The molecule has 0 unspecified atom stereocenters. The molecule has 0 aliphatic heterocycles. The van der Waals surface area contributed by atoms with Gasteiger partial charge in [-0.25, -0.2) is 0 Å². The number of nitro benzene ring substituents is 1. The molecule has 1 heterocycles. The summed E-state index contributed by atoms with van der Waals surface area (Å²) in [5.74, 6) is -0.887. The fraction of sp³-hybridized carbons (Fsp3) is 0. The van der Waals surface area contributed by atoms with Gasteiger partial charge in [-0.15, -0.1) is 11.3 Å². The highest BCUT2D eigenvalue weighted by atomic mass is 32.1. The van der Waals surface area contributed by atoms with E-state index >= 15 is 0 Å². The van der Waals surface area contributed by atoms with Gasteiger partial charge in [-0.05, 0) is 11.4 Å². The summed E-state index contributed by atoms with van der Waals surface area (Å²) in [6.45, 7) is 0. The van der Waals surface area contributed by atoms with Crippen molar-refractivity contribution < 1.29 is 9.31 Å². The first-order valence-corrected chi connectivity index (χ1v) is 4.59. The highest BCUT2D eigenvalue weighted by Gasteiger charge is 2.21. The van der Waals surface area contributed by atoms with Crippen molar-refractivity contribution in [3.05, 3.63) is 33.4 Å². The Balaban J connectivity index is 2.93. The number of nitrogens with zero attached hydrogens (tertiary/aromatic N) is 1. The Morgan fingerprint density at radius 3 is 2.93 bits per heavy atom. The van der Waals surface area contributed by atoms with Gasteiger partial charge < -0.3 is 5.73 Å². The zero-order valence-corrected chi connectivity index (χ0v) is 7.68. The number of nitrogens with two attached hydrogens (primary N) is 1. The van der Waals surface area contributed by atoms with Crippen molar-refractivity contribution in [2.75, 3.05) is 5.73 Å². The van der Waals surface area contributed by atoms with Gasteiger partial charge in [-0.1, -0.05) is 0 Å². The van der Waals surface area contributed by atoms with Crippen LogP contribution in [-0.2, 0) is 0 Å². The number of nitrogen functional groups attached to an aromatic ring is 1. The third-order valence-corrected chi connectivity index (χ3v) is 2.80. The van der Waals surface area contributed by atoms with E-state index in [4.69, 9.17) is 5.73 Å². The Hall–Kier alpha value is -1.69. The zero-order chi connectivity index (χ0) is 10.3. The number of hydrogen-bond acceptors (Lipinski definition) is 4. The van der Waals surface area contributed by atoms with Gasteiger partial charge in [0, 0.05) is 17.1 Å². The molecule has 0 atom stereocenters. The maximum atomic E-state index is 13.2. The van der Waals surface area contributed by atoms with Crippen LogP contribution in [0.1, 0.15) is 0 Å². The maximum Gasteiger partial charge on any atom is 0.322 e. The van der Waals surface area contributed by atoms with Gasteiger partial charge in [0.25, 0.3) is 0 Å². The van der Waals surface area contributed by atoms with Crippen LogP contribution in [0.25, 0.3) is 10.1 Å². The van der Waals surface area contributed by atoms with E-state index in [1.165, 1.54) is 0 Å². The standard InChI is InChI=1S/C8H5FN2O2S/c9-5-3-6(10)4-1-2-14-8(4)7(5)11(12)13/h1-3H,10H2. The predicted molar refractivity (Wildman–Crippen MR) is 52.8 cm³/mol. The number of nitro groups is 1. The molecular weight excluding hydrogens is 207 g/mol. The molecule has 0 aliphatic rings. The molecule has 1 aromatic carbocycles. The lowest BCUT2D eigenvalue weighted by molar-refractivity contribution is -0.385. The summed E-state index contributed by atoms with van der Waals surface area (Å²) in [5.41, 5.74) is 5.24. The van der Waals surface area contributed by atoms with Crippen LogP contribution in [0, 0.1) is 15.9 Å². The molecule has 0 saturated carbocycles. The molecule has 0 aliphatic carbocycles. The van der Waals surface area contributed by atoms with Gasteiger partial charge in [-0.3, -0.25) is 10.1 Å². The second kappa shape index (κ2) is 2.91. The van der Waals surface area contributed by atoms with Crippen molar-refractivity contribution in [3.63, 3.8) is 0 Å². The van der Waals surface area contributed by atoms with Gasteiger partial charge >= 0.3 is 5.69 Å². The number of benzene rings is 1. The minimum Gasteiger partial charge on any atom is -0.398 e. The number of fused-ring (bicyclic) bond motifs is 1. The lowest BCUT2D eigenvalue weighted by Gasteiger charge is -1.98. The zero-order valence-electron chi connectivity index (χ0n) is 6.86. The summed E-state index contributed by atoms with van der Waals surface area (Å²) < 4.78 is 13.5. The minimum absolute atomic E-state index is 0.226. The fourth-order valence-electron chi connectivity index (χ4n) is 1.28. The quantitative estimate of drug-likeness (QED) is 0.448. The van der Waals surface area contributed by atoms with E-state index in [2.05, 4.69) is 0 Å². The summed E-state index contributed by atoms with van der Waals surface area (Å²) in [6, 6.07) is 2.62. The van der Waals surface area contributed by atoms with Gasteiger partial charge in [0.15, 0.2) is 0 Å². The van der Waals surface area contributed by atoms with Crippen LogP contribution in [0.15, 0.2) is 17.5 Å². The smallest absolute Gasteiger partial charge is 0.322 e. The molecule has 0 saturated heterocycles. The third-order valence-electron chi connectivity index (χ3n) is 1.88.